The van der Waals surface area contributed by atoms with Gasteiger partial charge in [0.1, 0.15) is 0 Å². The highest BCUT2D eigenvalue weighted by atomic mass is 14.7. The van der Waals surface area contributed by atoms with Gasteiger partial charge in [-0.2, -0.15) is 0 Å². The number of nitrogens with zero attached hydrogens (tertiary/aromatic N) is 2. The van der Waals surface area contributed by atoms with Crippen molar-refractivity contribution >= 4 is 21.8 Å². The largest absolute Gasteiger partial charge is 0.254 e. The molecule has 0 bridgehead atoms. The zero-order chi connectivity index (χ0) is 19.3. The van der Waals surface area contributed by atoms with Crippen molar-refractivity contribution in [1.82, 2.24) is 9.97 Å². The molecule has 2 heterocycles. The van der Waals surface area contributed by atoms with E-state index in [9.17, 15) is 0 Å². The highest BCUT2D eigenvalue weighted by Gasteiger charge is 2.12. The number of rotatable bonds is 5. The number of hydrogen-bond donors (Lipinski definition) is 0. The van der Waals surface area contributed by atoms with E-state index in [0.717, 1.165) is 22.8 Å². The third kappa shape index (κ3) is 3.46. The first kappa shape index (κ1) is 18.1. The van der Waals surface area contributed by atoms with Crippen LogP contribution in [0.4, 0.5) is 0 Å². The zero-order valence-electron chi connectivity index (χ0n) is 16.3. The second kappa shape index (κ2) is 8.18. The molecular weight excluding hydrogens is 340 g/mol. The SMILES string of the molecule is CC/C=C\C=C/C(C)c1ccnc2c1ccc1c(-c3ccccc3)ccnc12. The average Bonchev–Trinajstić information content (AvgIpc) is 2.76. The molecule has 0 fully saturated rings. The van der Waals surface area contributed by atoms with Crippen LogP contribution in [0.25, 0.3) is 32.9 Å². The quantitative estimate of drug-likeness (QED) is 0.279. The van der Waals surface area contributed by atoms with Gasteiger partial charge in [0.2, 0.25) is 0 Å². The number of fused-ring (bicyclic) bond motifs is 3. The van der Waals surface area contributed by atoms with Crippen LogP contribution in [0.1, 0.15) is 31.7 Å². The summed E-state index contributed by atoms with van der Waals surface area (Å²) in [6, 6.07) is 19.0. The van der Waals surface area contributed by atoms with Gasteiger partial charge in [-0.1, -0.05) is 80.6 Å². The smallest absolute Gasteiger partial charge is 0.0970 e. The van der Waals surface area contributed by atoms with Gasteiger partial charge in [0.05, 0.1) is 11.0 Å². The van der Waals surface area contributed by atoms with Crippen molar-refractivity contribution < 1.29 is 0 Å². The molecule has 2 aromatic carbocycles. The lowest BCUT2D eigenvalue weighted by molar-refractivity contribution is 0.976. The standard InChI is InChI=1S/C26H24N2/c1-3-4-5-7-10-19(2)21-15-17-27-25-23(21)13-14-24-22(16-18-28-26(24)25)20-11-8-6-9-12-20/h4-19H,3H2,1-2H3/b5-4-,10-7-. The molecule has 1 atom stereocenters. The van der Waals surface area contributed by atoms with E-state index < -0.39 is 0 Å². The van der Waals surface area contributed by atoms with Gasteiger partial charge in [0.15, 0.2) is 0 Å². The fourth-order valence-electron chi connectivity index (χ4n) is 3.66. The Morgan fingerprint density at radius 2 is 1.54 bits per heavy atom. The second-order valence-electron chi connectivity index (χ2n) is 6.99. The molecule has 2 heteroatoms. The van der Waals surface area contributed by atoms with Gasteiger partial charge in [-0.25, -0.2) is 0 Å². The molecule has 0 saturated carbocycles. The van der Waals surface area contributed by atoms with Gasteiger partial charge in [-0.05, 0) is 41.2 Å². The Kier molecular flexibility index (Phi) is 5.29. The minimum atomic E-state index is 0.307. The first-order chi connectivity index (χ1) is 13.8. The molecule has 0 aliphatic heterocycles. The monoisotopic (exact) mass is 364 g/mol. The van der Waals surface area contributed by atoms with E-state index in [0.29, 0.717) is 5.92 Å². The van der Waals surface area contributed by atoms with Gasteiger partial charge in [-0.3, -0.25) is 9.97 Å². The molecule has 4 aromatic rings. The summed E-state index contributed by atoms with van der Waals surface area (Å²) in [6.07, 6.45) is 13.5. The fourth-order valence-corrected chi connectivity index (χ4v) is 3.66. The molecule has 0 amide bonds. The Balaban J connectivity index is 1.86. The highest BCUT2D eigenvalue weighted by molar-refractivity contribution is 6.08. The summed E-state index contributed by atoms with van der Waals surface area (Å²) >= 11 is 0. The molecule has 2 nitrogen and oxygen atoms in total. The number of allylic oxidation sites excluding steroid dienone is 4. The predicted octanol–water partition coefficient (Wildman–Crippen LogP) is 7.08. The second-order valence-corrected chi connectivity index (χ2v) is 6.99. The Hall–Kier alpha value is -3.26. The van der Waals surface area contributed by atoms with Crippen molar-refractivity contribution in [2.24, 2.45) is 0 Å². The van der Waals surface area contributed by atoms with Crippen molar-refractivity contribution in [3.8, 4) is 11.1 Å². The van der Waals surface area contributed by atoms with Gasteiger partial charge in [0, 0.05) is 23.2 Å². The van der Waals surface area contributed by atoms with E-state index in [-0.39, 0.29) is 0 Å². The Morgan fingerprint density at radius 3 is 2.32 bits per heavy atom. The number of hydrogen-bond acceptors (Lipinski definition) is 2. The van der Waals surface area contributed by atoms with Crippen molar-refractivity contribution in [3.05, 3.63) is 96.9 Å². The van der Waals surface area contributed by atoms with Gasteiger partial charge in [0.25, 0.3) is 0 Å². The lowest BCUT2D eigenvalue weighted by Crippen LogP contribution is -1.95. The first-order valence-corrected chi connectivity index (χ1v) is 9.84. The average molecular weight is 364 g/mol. The van der Waals surface area contributed by atoms with Crippen molar-refractivity contribution in [2.75, 3.05) is 0 Å². The molecule has 1 unspecified atom stereocenters. The zero-order valence-corrected chi connectivity index (χ0v) is 16.3. The van der Waals surface area contributed by atoms with Crippen LogP contribution < -0.4 is 0 Å². The molecule has 28 heavy (non-hydrogen) atoms. The maximum absolute atomic E-state index is 4.70. The molecular formula is C26H24N2. The Morgan fingerprint density at radius 1 is 0.821 bits per heavy atom. The summed E-state index contributed by atoms with van der Waals surface area (Å²) in [5.74, 6) is 0.307. The van der Waals surface area contributed by atoms with Gasteiger partial charge in [-0.15, -0.1) is 0 Å². The first-order valence-electron chi connectivity index (χ1n) is 9.84. The molecule has 2 aromatic heterocycles. The fraction of sp³-hybridized carbons (Fsp3) is 0.154. The number of benzene rings is 2. The van der Waals surface area contributed by atoms with Crippen molar-refractivity contribution in [1.29, 1.82) is 0 Å². The number of aromatic nitrogens is 2. The summed E-state index contributed by atoms with van der Waals surface area (Å²) in [7, 11) is 0. The normalized spacial score (nSPS) is 13.1. The maximum Gasteiger partial charge on any atom is 0.0970 e. The van der Waals surface area contributed by atoms with E-state index in [2.05, 4.69) is 86.7 Å². The third-order valence-corrected chi connectivity index (χ3v) is 5.11. The van der Waals surface area contributed by atoms with Gasteiger partial charge >= 0.3 is 0 Å². The minimum absolute atomic E-state index is 0.307. The van der Waals surface area contributed by atoms with Crippen LogP contribution in [-0.2, 0) is 0 Å². The van der Waals surface area contributed by atoms with E-state index in [1.165, 1.54) is 22.1 Å². The van der Waals surface area contributed by atoms with Crippen LogP contribution in [0.2, 0.25) is 0 Å². The molecule has 0 aliphatic carbocycles. The lowest BCUT2D eigenvalue weighted by atomic mass is 9.94. The van der Waals surface area contributed by atoms with Crippen molar-refractivity contribution in [2.45, 2.75) is 26.2 Å². The molecule has 138 valence electrons. The van der Waals surface area contributed by atoms with E-state index in [4.69, 9.17) is 9.97 Å². The van der Waals surface area contributed by atoms with Crippen LogP contribution in [0.3, 0.4) is 0 Å². The van der Waals surface area contributed by atoms with E-state index >= 15 is 0 Å². The summed E-state index contributed by atoms with van der Waals surface area (Å²) in [6.45, 7) is 4.37. The van der Waals surface area contributed by atoms with Crippen LogP contribution in [0, 0.1) is 0 Å². The maximum atomic E-state index is 4.70. The van der Waals surface area contributed by atoms with E-state index in [1.807, 2.05) is 18.5 Å². The minimum Gasteiger partial charge on any atom is -0.254 e. The third-order valence-electron chi connectivity index (χ3n) is 5.11. The predicted molar refractivity (Wildman–Crippen MR) is 119 cm³/mol. The molecule has 0 saturated heterocycles. The highest BCUT2D eigenvalue weighted by Crippen LogP contribution is 2.33. The summed E-state index contributed by atoms with van der Waals surface area (Å²) in [4.78, 5) is 9.39. The summed E-state index contributed by atoms with van der Waals surface area (Å²) < 4.78 is 0. The summed E-state index contributed by atoms with van der Waals surface area (Å²) in [5, 5.41) is 2.31. The summed E-state index contributed by atoms with van der Waals surface area (Å²) in [5.41, 5.74) is 5.60. The van der Waals surface area contributed by atoms with Gasteiger partial charge < -0.3 is 0 Å². The van der Waals surface area contributed by atoms with Crippen LogP contribution in [0.15, 0.2) is 91.3 Å². The molecule has 0 radical (unpaired) electrons. The molecule has 0 spiro atoms. The Labute approximate surface area is 166 Å². The molecule has 4 rings (SSSR count). The van der Waals surface area contributed by atoms with Crippen LogP contribution in [0.5, 0.6) is 0 Å². The lowest BCUT2D eigenvalue weighted by Gasteiger charge is -2.13. The van der Waals surface area contributed by atoms with Crippen molar-refractivity contribution in [3.63, 3.8) is 0 Å². The number of pyridine rings is 2. The molecule has 0 aliphatic rings. The van der Waals surface area contributed by atoms with Crippen LogP contribution in [-0.4, -0.2) is 9.97 Å². The topological polar surface area (TPSA) is 25.8 Å². The van der Waals surface area contributed by atoms with Crippen LogP contribution >= 0.6 is 0 Å². The molecule has 0 N–H and O–H groups in total. The van der Waals surface area contributed by atoms with E-state index in [1.54, 1.807) is 0 Å². The Bertz CT molecular complexity index is 1160.